The van der Waals surface area contributed by atoms with Crippen molar-refractivity contribution in [1.82, 2.24) is 0 Å². The number of carbonyl (C=O) groups is 1. The van der Waals surface area contributed by atoms with Gasteiger partial charge in [-0.2, -0.15) is 0 Å². The van der Waals surface area contributed by atoms with E-state index < -0.39 is 0 Å². The van der Waals surface area contributed by atoms with E-state index >= 15 is 0 Å². The van der Waals surface area contributed by atoms with Gasteiger partial charge in [0.1, 0.15) is 5.75 Å². The number of aldehydes is 1. The summed E-state index contributed by atoms with van der Waals surface area (Å²) in [5.41, 5.74) is 0.466. The Morgan fingerprint density at radius 1 is 1.38 bits per heavy atom. The summed E-state index contributed by atoms with van der Waals surface area (Å²) in [6.45, 7) is 4.27. The van der Waals surface area contributed by atoms with E-state index in [0.29, 0.717) is 29.4 Å². The Bertz CT molecular complexity index is 412. The Hall–Kier alpha value is -1.97. The summed E-state index contributed by atoms with van der Waals surface area (Å²) in [5.74, 6) is 1.71. The minimum absolute atomic E-state index is 0.184. The molecule has 0 radical (unpaired) electrons. The third-order valence-electron chi connectivity index (χ3n) is 2.21. The zero-order valence-corrected chi connectivity index (χ0v) is 8.77. The van der Waals surface area contributed by atoms with Crippen LogP contribution >= 0.6 is 0 Å². The molecular weight excluding hydrogens is 208 g/mol. The van der Waals surface area contributed by atoms with Crippen LogP contribution in [0.2, 0.25) is 0 Å². The van der Waals surface area contributed by atoms with E-state index in [-0.39, 0.29) is 6.79 Å². The topological polar surface area (TPSA) is 44.8 Å². The summed E-state index contributed by atoms with van der Waals surface area (Å²) in [7, 11) is 0. The van der Waals surface area contributed by atoms with Crippen molar-refractivity contribution in [2.75, 3.05) is 13.4 Å². The standard InChI is InChI=1S/C12H12O4/c1-2-3-4-14-10-6-12-11(15-8-16-12)5-9(10)7-13/h2,5-7H,1,3-4,8H2. The van der Waals surface area contributed by atoms with Crippen LogP contribution in [0.3, 0.4) is 0 Å². The van der Waals surface area contributed by atoms with E-state index in [1.54, 1.807) is 18.2 Å². The van der Waals surface area contributed by atoms with Gasteiger partial charge in [-0.25, -0.2) is 0 Å². The SMILES string of the molecule is C=CCCOc1cc2c(cc1C=O)OCO2. The van der Waals surface area contributed by atoms with Crippen molar-refractivity contribution in [1.29, 1.82) is 0 Å². The van der Waals surface area contributed by atoms with Gasteiger partial charge in [0.15, 0.2) is 17.8 Å². The van der Waals surface area contributed by atoms with Gasteiger partial charge in [-0.05, 0) is 12.5 Å². The molecule has 0 atom stereocenters. The molecular formula is C12H12O4. The van der Waals surface area contributed by atoms with Gasteiger partial charge in [-0.1, -0.05) is 6.08 Å². The largest absolute Gasteiger partial charge is 0.492 e. The molecule has 1 aromatic carbocycles. The zero-order chi connectivity index (χ0) is 11.4. The van der Waals surface area contributed by atoms with Gasteiger partial charge in [-0.3, -0.25) is 4.79 Å². The van der Waals surface area contributed by atoms with Gasteiger partial charge in [0.25, 0.3) is 0 Å². The number of hydrogen-bond donors (Lipinski definition) is 0. The molecule has 0 N–H and O–H groups in total. The van der Waals surface area contributed by atoms with Gasteiger partial charge in [0.05, 0.1) is 12.2 Å². The minimum Gasteiger partial charge on any atom is -0.492 e. The predicted octanol–water partition coefficient (Wildman–Crippen LogP) is 2.18. The Morgan fingerprint density at radius 3 is 2.81 bits per heavy atom. The van der Waals surface area contributed by atoms with Gasteiger partial charge in [0.2, 0.25) is 6.79 Å². The molecule has 0 aromatic heterocycles. The van der Waals surface area contributed by atoms with Crippen LogP contribution in [-0.2, 0) is 0 Å². The Kier molecular flexibility index (Phi) is 3.10. The van der Waals surface area contributed by atoms with Gasteiger partial charge < -0.3 is 14.2 Å². The molecule has 0 bridgehead atoms. The molecule has 16 heavy (non-hydrogen) atoms. The average Bonchev–Trinajstić information content (AvgIpc) is 2.75. The molecule has 0 unspecified atom stereocenters. The highest BCUT2D eigenvalue weighted by atomic mass is 16.7. The minimum atomic E-state index is 0.184. The molecule has 4 heteroatoms. The molecule has 1 heterocycles. The summed E-state index contributed by atoms with van der Waals surface area (Å²) in [5, 5.41) is 0. The summed E-state index contributed by atoms with van der Waals surface area (Å²) in [6.07, 6.45) is 3.23. The molecule has 0 saturated heterocycles. The highest BCUT2D eigenvalue weighted by molar-refractivity contribution is 5.81. The van der Waals surface area contributed by atoms with Gasteiger partial charge >= 0.3 is 0 Å². The molecule has 0 spiro atoms. The second-order valence-corrected chi connectivity index (χ2v) is 3.29. The first kappa shape index (κ1) is 10.5. The van der Waals surface area contributed by atoms with Crippen LogP contribution in [0.4, 0.5) is 0 Å². The van der Waals surface area contributed by atoms with Gasteiger partial charge in [-0.15, -0.1) is 6.58 Å². The lowest BCUT2D eigenvalue weighted by Crippen LogP contribution is -1.98. The van der Waals surface area contributed by atoms with E-state index in [2.05, 4.69) is 6.58 Å². The van der Waals surface area contributed by atoms with Crippen molar-refractivity contribution in [3.8, 4) is 17.2 Å². The maximum absolute atomic E-state index is 10.9. The van der Waals surface area contributed by atoms with Crippen molar-refractivity contribution < 1.29 is 19.0 Å². The number of hydrogen-bond acceptors (Lipinski definition) is 4. The number of carbonyl (C=O) groups excluding carboxylic acids is 1. The lowest BCUT2D eigenvalue weighted by atomic mass is 10.2. The van der Waals surface area contributed by atoms with Crippen molar-refractivity contribution in [3.63, 3.8) is 0 Å². The van der Waals surface area contributed by atoms with Crippen molar-refractivity contribution in [3.05, 3.63) is 30.4 Å². The Labute approximate surface area is 93.4 Å². The number of benzene rings is 1. The van der Waals surface area contributed by atoms with Crippen LogP contribution in [0, 0.1) is 0 Å². The Balaban J connectivity index is 2.21. The predicted molar refractivity (Wildman–Crippen MR) is 58.3 cm³/mol. The molecule has 0 aliphatic carbocycles. The highest BCUT2D eigenvalue weighted by Gasteiger charge is 2.17. The fourth-order valence-electron chi connectivity index (χ4n) is 1.41. The maximum atomic E-state index is 10.9. The highest BCUT2D eigenvalue weighted by Crippen LogP contribution is 2.37. The first-order valence-electron chi connectivity index (χ1n) is 4.97. The summed E-state index contributed by atoms with van der Waals surface area (Å²) in [4.78, 5) is 10.9. The molecule has 2 rings (SSSR count). The quantitative estimate of drug-likeness (QED) is 0.433. The van der Waals surface area contributed by atoms with Crippen LogP contribution in [0.25, 0.3) is 0 Å². The van der Waals surface area contributed by atoms with Crippen LogP contribution in [0.5, 0.6) is 17.2 Å². The molecule has 0 fully saturated rings. The number of rotatable bonds is 5. The monoisotopic (exact) mass is 220 g/mol. The zero-order valence-electron chi connectivity index (χ0n) is 8.77. The lowest BCUT2D eigenvalue weighted by Gasteiger charge is -2.08. The third kappa shape index (κ3) is 2.00. The van der Waals surface area contributed by atoms with Crippen LogP contribution in [0.15, 0.2) is 24.8 Å². The first-order valence-corrected chi connectivity index (χ1v) is 4.97. The average molecular weight is 220 g/mol. The smallest absolute Gasteiger partial charge is 0.231 e. The summed E-state index contributed by atoms with van der Waals surface area (Å²) in [6, 6.07) is 3.30. The molecule has 4 nitrogen and oxygen atoms in total. The van der Waals surface area contributed by atoms with E-state index in [9.17, 15) is 4.79 Å². The van der Waals surface area contributed by atoms with Crippen LogP contribution in [-0.4, -0.2) is 19.7 Å². The fourth-order valence-corrected chi connectivity index (χ4v) is 1.41. The molecule has 1 aliphatic rings. The summed E-state index contributed by atoms with van der Waals surface area (Å²) < 4.78 is 15.8. The summed E-state index contributed by atoms with van der Waals surface area (Å²) >= 11 is 0. The first-order chi connectivity index (χ1) is 7.85. The molecule has 0 saturated carbocycles. The second kappa shape index (κ2) is 4.70. The van der Waals surface area contributed by atoms with Crippen LogP contribution < -0.4 is 14.2 Å². The number of ether oxygens (including phenoxy) is 3. The van der Waals surface area contributed by atoms with Crippen molar-refractivity contribution in [2.45, 2.75) is 6.42 Å². The second-order valence-electron chi connectivity index (χ2n) is 3.29. The molecule has 1 aliphatic heterocycles. The number of fused-ring (bicyclic) bond motifs is 1. The third-order valence-corrected chi connectivity index (χ3v) is 2.21. The molecule has 0 amide bonds. The van der Waals surface area contributed by atoms with Crippen LogP contribution in [0.1, 0.15) is 16.8 Å². The van der Waals surface area contributed by atoms with Crippen molar-refractivity contribution >= 4 is 6.29 Å². The normalized spacial score (nSPS) is 12.2. The maximum Gasteiger partial charge on any atom is 0.231 e. The fraction of sp³-hybridized carbons (Fsp3) is 0.250. The van der Waals surface area contributed by atoms with E-state index in [4.69, 9.17) is 14.2 Å². The van der Waals surface area contributed by atoms with Gasteiger partial charge in [0, 0.05) is 6.07 Å². The van der Waals surface area contributed by atoms with E-state index in [0.717, 1.165) is 12.7 Å². The van der Waals surface area contributed by atoms with Crippen molar-refractivity contribution in [2.24, 2.45) is 0 Å². The van der Waals surface area contributed by atoms with E-state index in [1.165, 1.54) is 0 Å². The molecule has 84 valence electrons. The molecule has 1 aromatic rings. The van der Waals surface area contributed by atoms with E-state index in [1.807, 2.05) is 0 Å². The Morgan fingerprint density at radius 2 is 2.12 bits per heavy atom. The lowest BCUT2D eigenvalue weighted by molar-refractivity contribution is 0.111.